The van der Waals surface area contributed by atoms with E-state index in [9.17, 15) is 4.79 Å². The minimum Gasteiger partial charge on any atom is -0.489 e. The van der Waals surface area contributed by atoms with Gasteiger partial charge in [0.2, 0.25) is 5.90 Å². The first kappa shape index (κ1) is 21.0. The first-order valence-electron chi connectivity index (χ1n) is 9.24. The SMILES string of the molecule is Cc1cc(C2=N/C(=C\c3ccc(OCc4ccc(I)cc4)cc3)C(=O)O2)ccc1I. The molecule has 3 aromatic rings. The van der Waals surface area contributed by atoms with Crippen LogP contribution >= 0.6 is 45.2 Å². The van der Waals surface area contributed by atoms with Crippen LogP contribution in [-0.4, -0.2) is 11.9 Å². The Hall–Kier alpha value is -2.20. The lowest BCUT2D eigenvalue weighted by Gasteiger charge is -2.06. The number of cyclic esters (lactones) is 1. The molecule has 0 saturated carbocycles. The number of aryl methyl sites for hydroxylation is 1. The largest absolute Gasteiger partial charge is 0.489 e. The summed E-state index contributed by atoms with van der Waals surface area (Å²) < 4.78 is 13.5. The molecule has 0 saturated heterocycles. The van der Waals surface area contributed by atoms with Gasteiger partial charge >= 0.3 is 5.97 Å². The molecule has 0 spiro atoms. The fourth-order valence-electron chi connectivity index (χ4n) is 2.88. The first-order valence-corrected chi connectivity index (χ1v) is 11.4. The summed E-state index contributed by atoms with van der Waals surface area (Å²) >= 11 is 4.55. The molecule has 0 fully saturated rings. The van der Waals surface area contributed by atoms with E-state index in [-0.39, 0.29) is 5.70 Å². The number of hydrogen-bond donors (Lipinski definition) is 0. The smallest absolute Gasteiger partial charge is 0.363 e. The van der Waals surface area contributed by atoms with Crippen LogP contribution in [0.1, 0.15) is 22.3 Å². The van der Waals surface area contributed by atoms with Crippen LogP contribution in [0, 0.1) is 14.1 Å². The van der Waals surface area contributed by atoms with Crippen molar-refractivity contribution in [1.82, 2.24) is 0 Å². The minimum absolute atomic E-state index is 0.286. The molecule has 0 bridgehead atoms. The minimum atomic E-state index is -0.444. The standard InChI is InChI=1S/C24H17I2NO3/c1-15-12-18(6-11-21(15)26)23-27-22(24(28)30-23)13-16-4-9-20(10-5-16)29-14-17-2-7-19(25)8-3-17/h2-13H,14H2,1H3/b22-13-. The van der Waals surface area contributed by atoms with Crippen molar-refractivity contribution >= 4 is 63.1 Å². The Labute approximate surface area is 202 Å². The van der Waals surface area contributed by atoms with Crippen LogP contribution in [0.25, 0.3) is 6.08 Å². The van der Waals surface area contributed by atoms with Crippen molar-refractivity contribution in [2.45, 2.75) is 13.5 Å². The fourth-order valence-corrected chi connectivity index (χ4v) is 3.57. The van der Waals surface area contributed by atoms with Crippen LogP contribution < -0.4 is 4.74 Å². The number of carbonyl (C=O) groups excluding carboxylic acids is 1. The van der Waals surface area contributed by atoms with Crippen LogP contribution in [0.15, 0.2) is 77.4 Å². The number of hydrogen-bond acceptors (Lipinski definition) is 4. The van der Waals surface area contributed by atoms with Crippen molar-refractivity contribution in [2.24, 2.45) is 4.99 Å². The lowest BCUT2D eigenvalue weighted by atomic mass is 10.1. The van der Waals surface area contributed by atoms with E-state index in [0.717, 1.165) is 31.6 Å². The van der Waals surface area contributed by atoms with E-state index in [0.29, 0.717) is 12.5 Å². The second kappa shape index (κ2) is 9.30. The Kier molecular flexibility index (Phi) is 6.52. The maximum absolute atomic E-state index is 12.2. The highest BCUT2D eigenvalue weighted by Gasteiger charge is 2.24. The third-order valence-corrected chi connectivity index (χ3v) is 6.46. The Morgan fingerprint density at radius 2 is 1.73 bits per heavy atom. The number of aliphatic imine (C=N–C) groups is 1. The number of esters is 1. The lowest BCUT2D eigenvalue weighted by Crippen LogP contribution is -2.05. The number of halogens is 2. The van der Waals surface area contributed by atoms with Crippen molar-refractivity contribution < 1.29 is 14.3 Å². The fraction of sp³-hybridized carbons (Fsp3) is 0.0833. The summed E-state index contributed by atoms with van der Waals surface area (Å²) in [5.41, 5.74) is 4.17. The van der Waals surface area contributed by atoms with Crippen molar-refractivity contribution in [1.29, 1.82) is 0 Å². The molecule has 3 aromatic carbocycles. The van der Waals surface area contributed by atoms with E-state index in [2.05, 4.69) is 74.4 Å². The molecule has 0 radical (unpaired) electrons. The average Bonchev–Trinajstić information content (AvgIpc) is 3.11. The van der Waals surface area contributed by atoms with Crippen molar-refractivity contribution in [3.8, 4) is 5.75 Å². The predicted molar refractivity (Wildman–Crippen MR) is 134 cm³/mol. The molecule has 0 unspecified atom stereocenters. The van der Waals surface area contributed by atoms with E-state index in [1.165, 1.54) is 3.57 Å². The van der Waals surface area contributed by atoms with E-state index in [1.807, 2.05) is 49.4 Å². The van der Waals surface area contributed by atoms with E-state index >= 15 is 0 Å². The van der Waals surface area contributed by atoms with Crippen LogP contribution in [0.5, 0.6) is 5.75 Å². The van der Waals surface area contributed by atoms with Gasteiger partial charge in [-0.25, -0.2) is 9.79 Å². The van der Waals surface area contributed by atoms with Gasteiger partial charge in [0.05, 0.1) is 0 Å². The van der Waals surface area contributed by atoms with Gasteiger partial charge in [-0.1, -0.05) is 24.3 Å². The monoisotopic (exact) mass is 621 g/mol. The summed E-state index contributed by atoms with van der Waals surface area (Å²) in [7, 11) is 0. The Balaban J connectivity index is 1.46. The topological polar surface area (TPSA) is 47.9 Å². The van der Waals surface area contributed by atoms with Gasteiger partial charge in [-0.2, -0.15) is 0 Å². The van der Waals surface area contributed by atoms with E-state index in [4.69, 9.17) is 9.47 Å². The second-order valence-corrected chi connectivity index (χ2v) is 9.19. The highest BCUT2D eigenvalue weighted by atomic mass is 127. The Bertz CT molecular complexity index is 1150. The summed E-state index contributed by atoms with van der Waals surface area (Å²) in [6.07, 6.45) is 1.72. The van der Waals surface area contributed by atoms with Crippen LogP contribution in [0.3, 0.4) is 0 Å². The molecule has 4 nitrogen and oxygen atoms in total. The Morgan fingerprint density at radius 1 is 1.00 bits per heavy atom. The van der Waals surface area contributed by atoms with Gasteiger partial charge in [0.25, 0.3) is 0 Å². The third kappa shape index (κ3) is 5.10. The molecule has 0 atom stereocenters. The molecule has 1 heterocycles. The number of ether oxygens (including phenoxy) is 2. The second-order valence-electron chi connectivity index (χ2n) is 6.78. The van der Waals surface area contributed by atoms with Crippen molar-refractivity contribution in [3.63, 3.8) is 0 Å². The highest BCUT2D eigenvalue weighted by molar-refractivity contribution is 14.1. The quantitative estimate of drug-likeness (QED) is 0.196. The Morgan fingerprint density at radius 3 is 2.43 bits per heavy atom. The maximum Gasteiger partial charge on any atom is 0.363 e. The zero-order valence-corrected chi connectivity index (χ0v) is 20.4. The van der Waals surface area contributed by atoms with E-state index < -0.39 is 5.97 Å². The van der Waals surface area contributed by atoms with Gasteiger partial charge in [0.15, 0.2) is 5.70 Å². The molecule has 4 rings (SSSR count). The summed E-state index contributed by atoms with van der Waals surface area (Å²) in [5, 5.41) is 0. The van der Waals surface area contributed by atoms with Gasteiger partial charge in [0, 0.05) is 12.7 Å². The average molecular weight is 621 g/mol. The van der Waals surface area contributed by atoms with Crippen LogP contribution in [0.2, 0.25) is 0 Å². The molecule has 30 heavy (non-hydrogen) atoms. The number of nitrogens with zero attached hydrogens (tertiary/aromatic N) is 1. The van der Waals surface area contributed by atoms with Crippen LogP contribution in [0.4, 0.5) is 0 Å². The molecule has 0 amide bonds. The summed E-state index contributed by atoms with van der Waals surface area (Å²) in [4.78, 5) is 16.6. The molecule has 0 aliphatic carbocycles. The van der Waals surface area contributed by atoms with Gasteiger partial charge < -0.3 is 9.47 Å². The van der Waals surface area contributed by atoms with Crippen LogP contribution in [-0.2, 0) is 16.1 Å². The predicted octanol–water partition coefficient (Wildman–Crippen LogP) is 6.13. The molecule has 0 aromatic heterocycles. The lowest BCUT2D eigenvalue weighted by molar-refractivity contribution is -0.129. The molecule has 0 N–H and O–H groups in total. The molecule has 1 aliphatic heterocycles. The molecular weight excluding hydrogens is 604 g/mol. The highest BCUT2D eigenvalue weighted by Crippen LogP contribution is 2.22. The van der Waals surface area contributed by atoms with Crippen molar-refractivity contribution in [2.75, 3.05) is 0 Å². The number of rotatable bonds is 5. The van der Waals surface area contributed by atoms with Crippen molar-refractivity contribution in [3.05, 3.63) is 102 Å². The molecular formula is C24H17I2NO3. The summed E-state index contributed by atoms with van der Waals surface area (Å²) in [6.45, 7) is 2.52. The van der Waals surface area contributed by atoms with Gasteiger partial charge in [-0.05, 0) is 117 Å². The molecule has 150 valence electrons. The first-order chi connectivity index (χ1) is 14.5. The third-order valence-electron chi connectivity index (χ3n) is 4.53. The molecule has 6 heteroatoms. The molecule has 1 aliphatic rings. The van der Waals surface area contributed by atoms with Gasteiger partial charge in [-0.15, -0.1) is 0 Å². The van der Waals surface area contributed by atoms with Gasteiger partial charge in [0.1, 0.15) is 12.4 Å². The summed E-state index contributed by atoms with van der Waals surface area (Å²) in [6, 6.07) is 21.6. The number of carbonyl (C=O) groups is 1. The maximum atomic E-state index is 12.2. The number of benzene rings is 3. The zero-order chi connectivity index (χ0) is 21.1. The zero-order valence-electron chi connectivity index (χ0n) is 16.1. The van der Waals surface area contributed by atoms with Gasteiger partial charge in [-0.3, -0.25) is 0 Å². The normalized spacial score (nSPS) is 14.6. The summed E-state index contributed by atoms with van der Waals surface area (Å²) in [5.74, 6) is 0.659. The van der Waals surface area contributed by atoms with E-state index in [1.54, 1.807) is 6.08 Å².